The number of rotatable bonds is 3. The summed E-state index contributed by atoms with van der Waals surface area (Å²) in [5.41, 5.74) is 4.15. The predicted molar refractivity (Wildman–Crippen MR) is 83.7 cm³/mol. The quantitative estimate of drug-likeness (QED) is 0.942. The van der Waals surface area contributed by atoms with Crippen molar-refractivity contribution in [2.24, 2.45) is 13.0 Å². The Morgan fingerprint density at radius 3 is 2.90 bits per heavy atom. The number of ether oxygens (including phenoxy) is 1. The molecule has 0 aliphatic carbocycles. The third-order valence-corrected chi connectivity index (χ3v) is 4.46. The molecule has 2 heterocycles. The largest absolute Gasteiger partial charge is 0.381 e. The van der Waals surface area contributed by atoms with Gasteiger partial charge in [-0.3, -0.25) is 4.79 Å². The summed E-state index contributed by atoms with van der Waals surface area (Å²) in [5.74, 6) is 0.461. The normalized spacial score (nSPS) is 18.3. The molecule has 0 radical (unpaired) electrons. The standard InChI is InChI=1S/C17H22N2O2/c1-11-5-4-6-14-12(2)16(19(3)15(11)14)17(20)18-9-13-7-8-21-10-13/h4-6,13H,7-10H2,1-3H3,(H,18,20)/t13-/m1/s1. The number of nitrogens with zero attached hydrogens (tertiary/aromatic N) is 1. The SMILES string of the molecule is Cc1c(C(=O)NC[C@H]2CCOC2)n(C)c2c(C)cccc12. The number of hydrogen-bond acceptors (Lipinski definition) is 2. The third-order valence-electron chi connectivity index (χ3n) is 4.46. The molecule has 0 spiro atoms. The van der Waals surface area contributed by atoms with Gasteiger partial charge < -0.3 is 14.6 Å². The number of nitrogens with one attached hydrogen (secondary N) is 1. The lowest BCUT2D eigenvalue weighted by molar-refractivity contribution is 0.0936. The second-order valence-corrected chi connectivity index (χ2v) is 5.94. The van der Waals surface area contributed by atoms with Crippen LogP contribution in [0.5, 0.6) is 0 Å². The molecule has 1 amide bonds. The van der Waals surface area contributed by atoms with Gasteiger partial charge in [0.25, 0.3) is 5.91 Å². The van der Waals surface area contributed by atoms with Gasteiger partial charge in [0.1, 0.15) is 5.69 Å². The number of aryl methyl sites for hydroxylation is 3. The Kier molecular flexibility index (Phi) is 3.72. The van der Waals surface area contributed by atoms with Crippen LogP contribution in [-0.2, 0) is 11.8 Å². The fourth-order valence-electron chi connectivity index (χ4n) is 3.29. The molecule has 1 saturated heterocycles. The molecule has 1 atom stereocenters. The Balaban J connectivity index is 1.89. The Hall–Kier alpha value is -1.81. The number of hydrogen-bond donors (Lipinski definition) is 1. The molecule has 1 aliphatic heterocycles. The summed E-state index contributed by atoms with van der Waals surface area (Å²) in [6.45, 7) is 6.37. The van der Waals surface area contributed by atoms with Crippen LogP contribution in [0.1, 0.15) is 28.0 Å². The van der Waals surface area contributed by atoms with E-state index in [4.69, 9.17) is 4.74 Å². The van der Waals surface area contributed by atoms with Gasteiger partial charge in [-0.05, 0) is 31.4 Å². The summed E-state index contributed by atoms with van der Waals surface area (Å²) in [6.07, 6.45) is 1.04. The van der Waals surface area contributed by atoms with Gasteiger partial charge in [0, 0.05) is 31.5 Å². The molecule has 4 heteroatoms. The Morgan fingerprint density at radius 2 is 2.24 bits per heavy atom. The zero-order chi connectivity index (χ0) is 15.0. The highest BCUT2D eigenvalue weighted by molar-refractivity contribution is 6.02. The molecular formula is C17H22N2O2. The van der Waals surface area contributed by atoms with Crippen molar-refractivity contribution in [3.8, 4) is 0 Å². The monoisotopic (exact) mass is 286 g/mol. The first-order valence-electron chi connectivity index (χ1n) is 7.50. The van der Waals surface area contributed by atoms with Gasteiger partial charge in [0.15, 0.2) is 0 Å². The molecule has 112 valence electrons. The first kappa shape index (κ1) is 14.1. The first-order valence-corrected chi connectivity index (χ1v) is 7.50. The Bertz CT molecular complexity index is 682. The van der Waals surface area contributed by atoms with Gasteiger partial charge in [0.05, 0.1) is 12.1 Å². The molecule has 0 unspecified atom stereocenters. The summed E-state index contributed by atoms with van der Waals surface area (Å²) in [4.78, 5) is 12.6. The third kappa shape index (κ3) is 2.44. The molecule has 0 bridgehead atoms. The second-order valence-electron chi connectivity index (χ2n) is 5.94. The van der Waals surface area contributed by atoms with E-state index >= 15 is 0 Å². The number of para-hydroxylation sites is 1. The van der Waals surface area contributed by atoms with E-state index in [1.165, 1.54) is 5.56 Å². The maximum Gasteiger partial charge on any atom is 0.268 e. The van der Waals surface area contributed by atoms with E-state index in [1.807, 2.05) is 24.6 Å². The van der Waals surface area contributed by atoms with Crippen molar-refractivity contribution in [3.63, 3.8) is 0 Å². The first-order chi connectivity index (χ1) is 10.1. The molecular weight excluding hydrogens is 264 g/mol. The van der Waals surface area contributed by atoms with Gasteiger partial charge in [-0.15, -0.1) is 0 Å². The molecule has 1 aliphatic rings. The lowest BCUT2D eigenvalue weighted by Gasteiger charge is -2.11. The van der Waals surface area contributed by atoms with Crippen LogP contribution in [0.15, 0.2) is 18.2 Å². The van der Waals surface area contributed by atoms with E-state index in [9.17, 15) is 4.79 Å². The van der Waals surface area contributed by atoms with Crippen LogP contribution in [-0.4, -0.2) is 30.2 Å². The summed E-state index contributed by atoms with van der Waals surface area (Å²) in [7, 11) is 1.97. The van der Waals surface area contributed by atoms with Crippen molar-refractivity contribution in [1.29, 1.82) is 0 Å². The minimum Gasteiger partial charge on any atom is -0.381 e. The van der Waals surface area contributed by atoms with Gasteiger partial charge in [-0.25, -0.2) is 0 Å². The predicted octanol–water partition coefficient (Wildman–Crippen LogP) is 2.56. The molecule has 1 fully saturated rings. The average molecular weight is 286 g/mol. The fraction of sp³-hybridized carbons (Fsp3) is 0.471. The Labute approximate surface area is 125 Å². The molecule has 1 N–H and O–H groups in total. The van der Waals surface area contributed by atoms with Crippen molar-refractivity contribution in [2.45, 2.75) is 20.3 Å². The van der Waals surface area contributed by atoms with Crippen molar-refractivity contribution in [3.05, 3.63) is 35.0 Å². The van der Waals surface area contributed by atoms with Crippen molar-refractivity contribution < 1.29 is 9.53 Å². The summed E-state index contributed by atoms with van der Waals surface area (Å²) >= 11 is 0. The number of fused-ring (bicyclic) bond motifs is 1. The molecule has 1 aromatic heterocycles. The smallest absolute Gasteiger partial charge is 0.268 e. The van der Waals surface area contributed by atoms with E-state index < -0.39 is 0 Å². The minimum atomic E-state index is 0.0116. The zero-order valence-corrected chi connectivity index (χ0v) is 12.9. The average Bonchev–Trinajstić information content (AvgIpc) is 3.05. The highest BCUT2D eigenvalue weighted by Gasteiger charge is 2.21. The Morgan fingerprint density at radius 1 is 1.43 bits per heavy atom. The summed E-state index contributed by atoms with van der Waals surface area (Å²) in [5, 5.41) is 4.22. The topological polar surface area (TPSA) is 43.3 Å². The van der Waals surface area contributed by atoms with Gasteiger partial charge in [-0.1, -0.05) is 18.2 Å². The van der Waals surface area contributed by atoms with Crippen molar-refractivity contribution in [2.75, 3.05) is 19.8 Å². The van der Waals surface area contributed by atoms with E-state index in [-0.39, 0.29) is 5.91 Å². The number of aromatic nitrogens is 1. The van der Waals surface area contributed by atoms with Crippen LogP contribution in [0.25, 0.3) is 10.9 Å². The molecule has 3 rings (SSSR count). The lowest BCUT2D eigenvalue weighted by atomic mass is 10.1. The molecule has 4 nitrogen and oxygen atoms in total. The number of carbonyl (C=O) groups is 1. The number of amides is 1. The maximum atomic E-state index is 12.6. The van der Waals surface area contributed by atoms with Crippen LogP contribution in [0.2, 0.25) is 0 Å². The molecule has 1 aromatic carbocycles. The molecule has 0 saturated carbocycles. The van der Waals surface area contributed by atoms with Crippen LogP contribution >= 0.6 is 0 Å². The van der Waals surface area contributed by atoms with Crippen LogP contribution < -0.4 is 5.32 Å². The lowest BCUT2D eigenvalue weighted by Crippen LogP contribution is -2.31. The maximum absolute atomic E-state index is 12.6. The van der Waals surface area contributed by atoms with Gasteiger partial charge in [-0.2, -0.15) is 0 Å². The van der Waals surface area contributed by atoms with E-state index in [2.05, 4.69) is 24.4 Å². The fourth-order valence-corrected chi connectivity index (χ4v) is 3.29. The van der Waals surface area contributed by atoms with Gasteiger partial charge >= 0.3 is 0 Å². The highest BCUT2D eigenvalue weighted by Crippen LogP contribution is 2.27. The zero-order valence-electron chi connectivity index (χ0n) is 12.9. The highest BCUT2D eigenvalue weighted by atomic mass is 16.5. The molecule has 21 heavy (non-hydrogen) atoms. The van der Waals surface area contributed by atoms with E-state index in [1.54, 1.807) is 0 Å². The summed E-state index contributed by atoms with van der Waals surface area (Å²) in [6, 6.07) is 6.21. The van der Waals surface area contributed by atoms with Crippen LogP contribution in [0, 0.1) is 19.8 Å². The minimum absolute atomic E-state index is 0.0116. The van der Waals surface area contributed by atoms with Crippen LogP contribution in [0.4, 0.5) is 0 Å². The summed E-state index contributed by atoms with van der Waals surface area (Å²) < 4.78 is 7.36. The van der Waals surface area contributed by atoms with E-state index in [0.717, 1.165) is 41.8 Å². The number of benzene rings is 1. The van der Waals surface area contributed by atoms with Gasteiger partial charge in [0.2, 0.25) is 0 Å². The molecule has 2 aromatic rings. The van der Waals surface area contributed by atoms with Crippen LogP contribution in [0.3, 0.4) is 0 Å². The van der Waals surface area contributed by atoms with Crippen molar-refractivity contribution >= 4 is 16.8 Å². The van der Waals surface area contributed by atoms with Crippen molar-refractivity contribution in [1.82, 2.24) is 9.88 Å². The van der Waals surface area contributed by atoms with E-state index in [0.29, 0.717) is 12.5 Å². The second kappa shape index (κ2) is 5.53. The number of carbonyl (C=O) groups excluding carboxylic acids is 1.